The van der Waals surface area contributed by atoms with Crippen molar-refractivity contribution >= 4 is 23.6 Å². The number of rotatable bonds is 9. The summed E-state index contributed by atoms with van der Waals surface area (Å²) in [5, 5.41) is 12.1. The fraction of sp³-hybridized carbons (Fsp3) is 0.529. The molecule has 0 spiro atoms. The Morgan fingerprint density at radius 1 is 0.909 bits per heavy atom. The van der Waals surface area contributed by atoms with E-state index in [0.717, 1.165) is 56.9 Å². The van der Waals surface area contributed by atoms with E-state index in [2.05, 4.69) is 27.3 Å². The highest BCUT2D eigenvalue weighted by Crippen LogP contribution is 2.32. The van der Waals surface area contributed by atoms with Gasteiger partial charge in [0.25, 0.3) is 5.91 Å². The predicted octanol–water partition coefficient (Wildman–Crippen LogP) is 3.39. The molecule has 1 aliphatic heterocycles. The van der Waals surface area contributed by atoms with Crippen LogP contribution in [0.3, 0.4) is 0 Å². The molecule has 44 heavy (non-hydrogen) atoms. The zero-order chi connectivity index (χ0) is 31.2. The van der Waals surface area contributed by atoms with Crippen LogP contribution in [0.4, 0.5) is 4.39 Å². The lowest BCUT2D eigenvalue weighted by molar-refractivity contribution is -0.143. The van der Waals surface area contributed by atoms with E-state index in [9.17, 15) is 23.6 Å². The van der Waals surface area contributed by atoms with E-state index in [-0.39, 0.29) is 42.6 Å². The van der Waals surface area contributed by atoms with Gasteiger partial charge in [0, 0.05) is 18.2 Å². The third-order valence-corrected chi connectivity index (χ3v) is 9.53. The molecule has 4 N–H and O–H groups in total. The average Bonchev–Trinajstić information content (AvgIpc) is 3.47. The maximum absolute atomic E-state index is 14.4. The van der Waals surface area contributed by atoms with Gasteiger partial charge in [0.1, 0.15) is 17.9 Å². The number of halogens is 1. The van der Waals surface area contributed by atoms with E-state index in [1.165, 1.54) is 29.8 Å². The van der Waals surface area contributed by atoms with Crippen LogP contribution in [0.15, 0.2) is 48.5 Å². The molecule has 2 aromatic rings. The molecule has 0 bridgehead atoms. The topological polar surface area (TPSA) is 120 Å². The highest BCUT2D eigenvalue weighted by molar-refractivity contribution is 5.96. The number of hydrogen-bond acceptors (Lipinski definition) is 5. The molecule has 4 amide bonds. The Bertz CT molecular complexity index is 1350. The van der Waals surface area contributed by atoms with Gasteiger partial charge in [0.15, 0.2) is 0 Å². The molecule has 236 valence electrons. The van der Waals surface area contributed by atoms with Crippen LogP contribution in [-0.2, 0) is 20.8 Å². The van der Waals surface area contributed by atoms with E-state index >= 15 is 0 Å². The van der Waals surface area contributed by atoms with Crippen LogP contribution < -0.4 is 21.3 Å². The fourth-order valence-electron chi connectivity index (χ4n) is 6.91. The Kier molecular flexibility index (Phi) is 10.3. The van der Waals surface area contributed by atoms with Crippen LogP contribution in [0.5, 0.6) is 0 Å². The molecule has 2 aromatic carbocycles. The summed E-state index contributed by atoms with van der Waals surface area (Å²) in [6.45, 7) is 1.87. The molecule has 1 saturated carbocycles. The Balaban J connectivity index is 1.39. The number of amides is 4. The summed E-state index contributed by atoms with van der Waals surface area (Å²) in [5.41, 5.74) is 2.61. The molecule has 3 aliphatic rings. The van der Waals surface area contributed by atoms with Gasteiger partial charge in [0.05, 0.1) is 12.1 Å². The summed E-state index contributed by atoms with van der Waals surface area (Å²) in [5.74, 6) is -1.71. The second-order valence-corrected chi connectivity index (χ2v) is 12.5. The molecule has 0 radical (unpaired) electrons. The summed E-state index contributed by atoms with van der Waals surface area (Å²) in [6.07, 6.45) is 7.63. The molecular formula is C34H44FN5O4. The summed E-state index contributed by atoms with van der Waals surface area (Å²) in [6, 6.07) is 10.6. The summed E-state index contributed by atoms with van der Waals surface area (Å²) in [7, 11) is 1.69. The minimum atomic E-state index is -0.820. The summed E-state index contributed by atoms with van der Waals surface area (Å²) < 4.78 is 13.5. The lowest BCUT2D eigenvalue weighted by atomic mass is 9.83. The molecule has 2 aliphatic carbocycles. The van der Waals surface area contributed by atoms with E-state index in [1.54, 1.807) is 18.9 Å². The standard InChI is InChI=1S/C34H44FN5O4/c1-21(36-2)31(41)39-30(23-10-4-3-5-11-23)34(44)40-20-26(37-32(42)24-15-17-25(35)18-16-24)19-29(40)33(43)38-28-14-8-12-22-9-6-7-13-27(22)28/h6-7,9,13,15-18,21,23,26,28-30,36H,3-5,8,10-12,14,19-20H2,1-2H3,(H,37,42)(H,38,43)(H,39,41)/t21-,26-,28+,29-,30+/m0/s1. The van der Waals surface area contributed by atoms with Gasteiger partial charge in [0.2, 0.25) is 17.7 Å². The number of aryl methyl sites for hydroxylation is 1. The lowest BCUT2D eigenvalue weighted by Gasteiger charge is -2.35. The Morgan fingerprint density at radius 3 is 2.36 bits per heavy atom. The number of carbonyl (C=O) groups excluding carboxylic acids is 4. The number of likely N-dealkylation sites (tertiary alicyclic amines) is 1. The van der Waals surface area contributed by atoms with Crippen LogP contribution in [0.1, 0.15) is 85.8 Å². The maximum Gasteiger partial charge on any atom is 0.251 e. The van der Waals surface area contributed by atoms with Gasteiger partial charge in [-0.25, -0.2) is 4.39 Å². The van der Waals surface area contributed by atoms with Crippen LogP contribution >= 0.6 is 0 Å². The molecule has 5 rings (SSSR count). The van der Waals surface area contributed by atoms with E-state index in [4.69, 9.17) is 0 Å². The van der Waals surface area contributed by atoms with Gasteiger partial charge >= 0.3 is 0 Å². The molecular weight excluding hydrogens is 561 g/mol. The molecule has 2 fully saturated rings. The van der Waals surface area contributed by atoms with Crippen molar-refractivity contribution in [3.8, 4) is 0 Å². The molecule has 1 heterocycles. The molecule has 1 saturated heterocycles. The maximum atomic E-state index is 14.4. The van der Waals surface area contributed by atoms with E-state index < -0.39 is 35.9 Å². The number of nitrogens with one attached hydrogen (secondary N) is 4. The van der Waals surface area contributed by atoms with Crippen LogP contribution in [0, 0.1) is 11.7 Å². The quantitative estimate of drug-likeness (QED) is 0.350. The van der Waals surface area contributed by atoms with Crippen molar-refractivity contribution < 1.29 is 23.6 Å². The van der Waals surface area contributed by atoms with Gasteiger partial charge in [-0.15, -0.1) is 0 Å². The smallest absolute Gasteiger partial charge is 0.251 e. The van der Waals surface area contributed by atoms with Crippen molar-refractivity contribution in [2.45, 2.75) is 94.9 Å². The summed E-state index contributed by atoms with van der Waals surface area (Å²) in [4.78, 5) is 56.0. The first-order valence-corrected chi connectivity index (χ1v) is 16.0. The number of likely N-dealkylation sites (N-methyl/N-ethyl adjacent to an activating group) is 1. The highest BCUT2D eigenvalue weighted by Gasteiger charge is 2.45. The van der Waals surface area contributed by atoms with Gasteiger partial charge in [-0.1, -0.05) is 43.5 Å². The van der Waals surface area contributed by atoms with Crippen molar-refractivity contribution in [1.82, 2.24) is 26.2 Å². The second-order valence-electron chi connectivity index (χ2n) is 12.5. The van der Waals surface area contributed by atoms with Crippen molar-refractivity contribution in [2.75, 3.05) is 13.6 Å². The third-order valence-electron chi connectivity index (χ3n) is 9.53. The van der Waals surface area contributed by atoms with Crippen molar-refractivity contribution in [2.24, 2.45) is 5.92 Å². The Labute approximate surface area is 258 Å². The number of hydrogen-bond donors (Lipinski definition) is 4. The van der Waals surface area contributed by atoms with Crippen LogP contribution in [0.2, 0.25) is 0 Å². The minimum absolute atomic E-state index is 0.0361. The second kappa shape index (κ2) is 14.3. The Hall–Kier alpha value is -3.79. The largest absolute Gasteiger partial charge is 0.347 e. The SMILES string of the molecule is CN[C@@H](C)C(=O)N[C@@H](C(=O)N1C[C@@H](NC(=O)c2ccc(F)cc2)C[C@H]1C(=O)N[C@@H]1CCCc2ccccc21)C1CCCCC1. The van der Waals surface area contributed by atoms with E-state index in [0.29, 0.717) is 5.56 Å². The zero-order valence-corrected chi connectivity index (χ0v) is 25.6. The van der Waals surface area contributed by atoms with Gasteiger partial charge < -0.3 is 26.2 Å². The normalized spacial score (nSPS) is 23.2. The number of carbonyl (C=O) groups is 4. The van der Waals surface area contributed by atoms with Crippen LogP contribution in [0.25, 0.3) is 0 Å². The van der Waals surface area contributed by atoms with Crippen LogP contribution in [-0.4, -0.2) is 66.3 Å². The number of nitrogens with zero attached hydrogens (tertiary/aromatic N) is 1. The average molecular weight is 606 g/mol. The highest BCUT2D eigenvalue weighted by atomic mass is 19.1. The number of benzene rings is 2. The van der Waals surface area contributed by atoms with Gasteiger partial charge in [-0.2, -0.15) is 0 Å². The Morgan fingerprint density at radius 2 is 1.64 bits per heavy atom. The van der Waals surface area contributed by atoms with Crippen molar-refractivity contribution in [3.63, 3.8) is 0 Å². The fourth-order valence-corrected chi connectivity index (χ4v) is 6.91. The monoisotopic (exact) mass is 605 g/mol. The molecule has 5 atom stereocenters. The molecule has 9 nitrogen and oxygen atoms in total. The number of fused-ring (bicyclic) bond motifs is 1. The minimum Gasteiger partial charge on any atom is -0.347 e. The molecule has 0 aromatic heterocycles. The van der Waals surface area contributed by atoms with Crippen molar-refractivity contribution in [3.05, 3.63) is 71.0 Å². The first kappa shape index (κ1) is 31.6. The zero-order valence-electron chi connectivity index (χ0n) is 25.6. The molecule has 0 unspecified atom stereocenters. The predicted molar refractivity (Wildman–Crippen MR) is 165 cm³/mol. The lowest BCUT2D eigenvalue weighted by Crippen LogP contribution is -2.58. The van der Waals surface area contributed by atoms with Gasteiger partial charge in [-0.05, 0) is 93.8 Å². The first-order valence-electron chi connectivity index (χ1n) is 16.0. The van der Waals surface area contributed by atoms with Gasteiger partial charge in [-0.3, -0.25) is 19.2 Å². The summed E-state index contributed by atoms with van der Waals surface area (Å²) >= 11 is 0. The van der Waals surface area contributed by atoms with Crippen molar-refractivity contribution in [1.29, 1.82) is 0 Å². The molecule has 10 heteroatoms. The third kappa shape index (κ3) is 7.29. The first-order chi connectivity index (χ1) is 21.2. The van der Waals surface area contributed by atoms with E-state index in [1.807, 2.05) is 18.2 Å².